The normalized spacial score (nSPS) is 19.5. The third-order valence-electron chi connectivity index (χ3n) is 1.86. The molecule has 0 spiro atoms. The average Bonchev–Trinajstić information content (AvgIpc) is 2.52. The third kappa shape index (κ3) is 2.70. The largest absolute Gasteiger partial charge is 0.122 e. The topological polar surface area (TPSA) is 0 Å². The van der Waals surface area contributed by atoms with Gasteiger partial charge in [-0.25, -0.2) is 0 Å². The molecule has 0 amide bonds. The van der Waals surface area contributed by atoms with Crippen molar-refractivity contribution in [2.75, 3.05) is 0 Å². The number of rotatable bonds is 4. The number of halogens is 1. The molecule has 0 aromatic carbocycles. The highest BCUT2D eigenvalue weighted by molar-refractivity contribution is 6.22. The first-order valence-corrected chi connectivity index (χ1v) is 4.64. The molecular weight excluding hydrogens is 156 g/mol. The van der Waals surface area contributed by atoms with E-state index in [1.807, 2.05) is 12.2 Å². The molecular formula is C10H14Cl. The molecule has 1 aliphatic carbocycles. The second kappa shape index (κ2) is 4.61. The van der Waals surface area contributed by atoms with Gasteiger partial charge in [-0.3, -0.25) is 0 Å². The number of hydrogen-bond donors (Lipinski definition) is 0. The minimum absolute atomic E-state index is 0.227. The summed E-state index contributed by atoms with van der Waals surface area (Å²) in [5.74, 6) is 1.26. The van der Waals surface area contributed by atoms with E-state index in [0.717, 1.165) is 6.42 Å². The van der Waals surface area contributed by atoms with E-state index in [-0.39, 0.29) is 5.38 Å². The predicted molar refractivity (Wildman–Crippen MR) is 50.7 cm³/mol. The highest BCUT2D eigenvalue weighted by Crippen LogP contribution is 2.24. The maximum Gasteiger partial charge on any atom is 0.0473 e. The van der Waals surface area contributed by atoms with Gasteiger partial charge in [-0.05, 0) is 6.42 Å². The van der Waals surface area contributed by atoms with Crippen LogP contribution < -0.4 is 0 Å². The summed E-state index contributed by atoms with van der Waals surface area (Å²) in [7, 11) is 0. The van der Waals surface area contributed by atoms with E-state index in [9.17, 15) is 0 Å². The van der Waals surface area contributed by atoms with E-state index >= 15 is 0 Å². The summed E-state index contributed by atoms with van der Waals surface area (Å²) in [5.41, 5.74) is 0. The van der Waals surface area contributed by atoms with Crippen LogP contribution in [0.5, 0.6) is 0 Å². The van der Waals surface area contributed by atoms with Gasteiger partial charge in [0.2, 0.25) is 0 Å². The Morgan fingerprint density at radius 1 is 1.36 bits per heavy atom. The van der Waals surface area contributed by atoms with E-state index in [1.54, 1.807) is 0 Å². The van der Waals surface area contributed by atoms with Crippen LogP contribution in [0.25, 0.3) is 0 Å². The van der Waals surface area contributed by atoms with Gasteiger partial charge in [0.15, 0.2) is 0 Å². The highest BCUT2D eigenvalue weighted by atomic mass is 35.5. The lowest BCUT2D eigenvalue weighted by molar-refractivity contribution is 0.707. The Morgan fingerprint density at radius 3 is 2.55 bits per heavy atom. The first-order valence-electron chi connectivity index (χ1n) is 4.20. The summed E-state index contributed by atoms with van der Waals surface area (Å²) in [6.45, 7) is 2.19. The monoisotopic (exact) mass is 169 g/mol. The van der Waals surface area contributed by atoms with Gasteiger partial charge in [0.25, 0.3) is 0 Å². The Kier molecular flexibility index (Phi) is 3.71. The van der Waals surface area contributed by atoms with Gasteiger partial charge in [-0.1, -0.05) is 44.1 Å². The quantitative estimate of drug-likeness (QED) is 0.566. The van der Waals surface area contributed by atoms with Crippen LogP contribution in [-0.4, -0.2) is 5.38 Å². The molecule has 0 bridgehead atoms. The van der Waals surface area contributed by atoms with Crippen LogP contribution in [0, 0.1) is 5.92 Å². The molecule has 1 heteroatoms. The molecule has 0 N–H and O–H groups in total. The Hall–Kier alpha value is -0.230. The number of alkyl halides is 1. The van der Waals surface area contributed by atoms with Crippen LogP contribution in [0.1, 0.15) is 26.2 Å². The summed E-state index contributed by atoms with van der Waals surface area (Å²) >= 11 is 6.13. The Bertz CT molecular complexity index is 146. The van der Waals surface area contributed by atoms with E-state index in [1.165, 1.54) is 18.8 Å². The predicted octanol–water partition coefficient (Wildman–Crippen LogP) is 3.48. The van der Waals surface area contributed by atoms with Crippen molar-refractivity contribution >= 4 is 11.6 Å². The van der Waals surface area contributed by atoms with Crippen molar-refractivity contribution in [3.05, 3.63) is 30.2 Å². The number of allylic oxidation sites excluding steroid dienone is 4. The van der Waals surface area contributed by atoms with Crippen LogP contribution in [-0.2, 0) is 0 Å². The zero-order valence-corrected chi connectivity index (χ0v) is 7.64. The Morgan fingerprint density at radius 2 is 2.00 bits per heavy atom. The summed E-state index contributed by atoms with van der Waals surface area (Å²) < 4.78 is 0. The van der Waals surface area contributed by atoms with Crippen molar-refractivity contribution in [2.24, 2.45) is 0 Å². The second-order valence-electron chi connectivity index (χ2n) is 2.83. The maximum absolute atomic E-state index is 6.13. The first-order chi connectivity index (χ1) is 5.34. The van der Waals surface area contributed by atoms with Gasteiger partial charge in [-0.2, -0.15) is 0 Å². The van der Waals surface area contributed by atoms with Crippen molar-refractivity contribution in [1.29, 1.82) is 0 Å². The molecule has 1 atom stereocenters. The minimum atomic E-state index is 0.227. The van der Waals surface area contributed by atoms with Crippen molar-refractivity contribution in [3.8, 4) is 0 Å². The second-order valence-corrected chi connectivity index (χ2v) is 3.35. The lowest BCUT2D eigenvalue weighted by Gasteiger charge is -2.11. The van der Waals surface area contributed by atoms with Crippen molar-refractivity contribution in [2.45, 2.75) is 31.6 Å². The summed E-state index contributed by atoms with van der Waals surface area (Å²) in [6.07, 6.45) is 11.8. The SMILES string of the molecule is CCCCC(Cl)[C]1C=CC=C1. The number of unbranched alkanes of at least 4 members (excludes halogenated alkanes) is 1. The van der Waals surface area contributed by atoms with Crippen LogP contribution >= 0.6 is 11.6 Å². The molecule has 0 aliphatic heterocycles. The van der Waals surface area contributed by atoms with Crippen molar-refractivity contribution < 1.29 is 0 Å². The van der Waals surface area contributed by atoms with Crippen molar-refractivity contribution in [1.82, 2.24) is 0 Å². The van der Waals surface area contributed by atoms with E-state index in [2.05, 4.69) is 19.1 Å². The fourth-order valence-electron chi connectivity index (χ4n) is 1.15. The fraction of sp³-hybridized carbons (Fsp3) is 0.500. The first kappa shape index (κ1) is 8.86. The van der Waals surface area contributed by atoms with Crippen LogP contribution in [0.4, 0.5) is 0 Å². The average molecular weight is 170 g/mol. The summed E-state index contributed by atoms with van der Waals surface area (Å²) in [4.78, 5) is 0. The van der Waals surface area contributed by atoms with Crippen LogP contribution in [0.2, 0.25) is 0 Å². The van der Waals surface area contributed by atoms with Gasteiger partial charge in [-0.15, -0.1) is 11.6 Å². The van der Waals surface area contributed by atoms with E-state index in [0.29, 0.717) is 0 Å². The molecule has 11 heavy (non-hydrogen) atoms. The lowest BCUT2D eigenvalue weighted by atomic mass is 10.0. The zero-order valence-electron chi connectivity index (χ0n) is 6.89. The molecule has 0 heterocycles. The highest BCUT2D eigenvalue weighted by Gasteiger charge is 2.15. The molecule has 1 aliphatic rings. The summed E-state index contributed by atoms with van der Waals surface area (Å²) in [5, 5.41) is 0.227. The van der Waals surface area contributed by atoms with Gasteiger partial charge < -0.3 is 0 Å². The molecule has 1 unspecified atom stereocenters. The molecule has 1 rings (SSSR count). The van der Waals surface area contributed by atoms with Crippen LogP contribution in [0.3, 0.4) is 0 Å². The molecule has 61 valence electrons. The van der Waals surface area contributed by atoms with Gasteiger partial charge in [0, 0.05) is 11.3 Å². The molecule has 0 fully saturated rings. The number of hydrogen-bond acceptors (Lipinski definition) is 0. The minimum Gasteiger partial charge on any atom is -0.122 e. The molecule has 0 aromatic rings. The fourth-order valence-corrected chi connectivity index (χ4v) is 1.45. The maximum atomic E-state index is 6.13. The molecule has 0 nitrogen and oxygen atoms in total. The molecule has 0 saturated heterocycles. The Balaban J connectivity index is 2.24. The molecule has 1 radical (unpaired) electrons. The molecule has 0 aromatic heterocycles. The van der Waals surface area contributed by atoms with Gasteiger partial charge in [0.1, 0.15) is 0 Å². The van der Waals surface area contributed by atoms with Crippen molar-refractivity contribution in [3.63, 3.8) is 0 Å². The zero-order chi connectivity index (χ0) is 8.10. The smallest absolute Gasteiger partial charge is 0.0473 e. The third-order valence-corrected chi connectivity index (χ3v) is 2.33. The standard InChI is InChI=1S/C10H14Cl/c1-2-3-8-10(11)9-6-4-5-7-9/h4-7,10H,2-3,8H2,1H3. The van der Waals surface area contributed by atoms with E-state index < -0.39 is 0 Å². The van der Waals surface area contributed by atoms with Gasteiger partial charge >= 0.3 is 0 Å². The molecule has 0 saturated carbocycles. The van der Waals surface area contributed by atoms with Crippen LogP contribution in [0.15, 0.2) is 24.3 Å². The lowest BCUT2D eigenvalue weighted by Crippen LogP contribution is -2.06. The van der Waals surface area contributed by atoms with E-state index in [4.69, 9.17) is 11.6 Å². The Labute approximate surface area is 73.9 Å². The van der Waals surface area contributed by atoms with Gasteiger partial charge in [0.05, 0.1) is 0 Å². The summed E-state index contributed by atoms with van der Waals surface area (Å²) in [6, 6.07) is 0.